The molecule has 0 heterocycles. The molecule has 0 aromatic carbocycles. The number of amides is 2. The lowest BCUT2D eigenvalue weighted by Crippen LogP contribution is -2.48. The second-order valence-electron chi connectivity index (χ2n) is 8.74. The van der Waals surface area contributed by atoms with Crippen LogP contribution in [-0.2, 0) is 9.59 Å². The van der Waals surface area contributed by atoms with Crippen molar-refractivity contribution in [1.29, 1.82) is 0 Å². The quantitative estimate of drug-likeness (QED) is 0.844. The van der Waals surface area contributed by atoms with Gasteiger partial charge in [-0.05, 0) is 10.8 Å². The Balaban J connectivity index is 4.80. The number of aliphatic hydroxyl groups excluding tert-OH is 1. The lowest BCUT2D eigenvalue weighted by Gasteiger charge is -2.32. The molecule has 22 heavy (non-hydrogen) atoms. The van der Waals surface area contributed by atoms with E-state index in [2.05, 4.69) is 0 Å². The Kier molecular flexibility index (Phi) is 7.07. The van der Waals surface area contributed by atoms with Crippen molar-refractivity contribution in [2.24, 2.45) is 16.7 Å². The Bertz CT molecular complexity index is 356. The van der Waals surface area contributed by atoms with Gasteiger partial charge >= 0.3 is 0 Å². The minimum absolute atomic E-state index is 0.0257. The molecular weight excluding hydrogens is 280 g/mol. The van der Waals surface area contributed by atoms with Crippen molar-refractivity contribution in [3.8, 4) is 0 Å². The number of nitrogens with zero attached hydrogens (tertiary/aromatic N) is 2. The van der Waals surface area contributed by atoms with Crippen LogP contribution in [0.25, 0.3) is 0 Å². The monoisotopic (exact) mass is 314 g/mol. The molecule has 0 aliphatic rings. The van der Waals surface area contributed by atoms with E-state index >= 15 is 0 Å². The topological polar surface area (TPSA) is 60.9 Å². The van der Waals surface area contributed by atoms with Gasteiger partial charge in [0, 0.05) is 27.2 Å². The van der Waals surface area contributed by atoms with Crippen LogP contribution in [0.3, 0.4) is 0 Å². The smallest absolute Gasteiger partial charge is 0.251 e. The van der Waals surface area contributed by atoms with Gasteiger partial charge in [-0.15, -0.1) is 0 Å². The predicted molar refractivity (Wildman–Crippen MR) is 89.4 cm³/mol. The first-order chi connectivity index (χ1) is 9.65. The number of carbonyl (C=O) groups is 2. The fraction of sp³-hybridized carbons (Fsp3) is 0.882. The van der Waals surface area contributed by atoms with E-state index in [4.69, 9.17) is 0 Å². The van der Waals surface area contributed by atoms with Crippen molar-refractivity contribution in [1.82, 2.24) is 9.80 Å². The summed E-state index contributed by atoms with van der Waals surface area (Å²) in [6.45, 7) is 14.9. The van der Waals surface area contributed by atoms with Crippen LogP contribution in [0.5, 0.6) is 0 Å². The number of carbonyl (C=O) groups excluding carboxylic acids is 2. The van der Waals surface area contributed by atoms with Crippen molar-refractivity contribution < 1.29 is 14.7 Å². The number of rotatable bonds is 5. The van der Waals surface area contributed by atoms with Gasteiger partial charge in [-0.2, -0.15) is 0 Å². The van der Waals surface area contributed by atoms with Gasteiger partial charge in [0.2, 0.25) is 5.91 Å². The maximum Gasteiger partial charge on any atom is 0.251 e. The Morgan fingerprint density at radius 3 is 1.50 bits per heavy atom. The molecule has 0 saturated carbocycles. The fourth-order valence-corrected chi connectivity index (χ4v) is 2.50. The molecular formula is C17H34N2O3. The summed E-state index contributed by atoms with van der Waals surface area (Å²) >= 11 is 0. The number of hydrogen-bond donors (Lipinski definition) is 1. The van der Waals surface area contributed by atoms with Crippen molar-refractivity contribution in [3.63, 3.8) is 0 Å². The molecule has 0 aromatic heterocycles. The molecule has 0 bridgehead atoms. The lowest BCUT2D eigenvalue weighted by atomic mass is 9.94. The summed E-state index contributed by atoms with van der Waals surface area (Å²) in [6, 6.07) is 0. The SMILES string of the molecule is C[C@@H](C(=O)N(C)CC(C)(C)C)[C@H](O)C(=O)N(C)CC(C)(C)C. The van der Waals surface area contributed by atoms with Gasteiger partial charge in [-0.25, -0.2) is 0 Å². The molecule has 0 aliphatic heterocycles. The summed E-state index contributed by atoms with van der Waals surface area (Å²) in [4.78, 5) is 27.7. The molecule has 2 atom stereocenters. The fourth-order valence-electron chi connectivity index (χ4n) is 2.50. The highest BCUT2D eigenvalue weighted by Crippen LogP contribution is 2.19. The van der Waals surface area contributed by atoms with E-state index in [1.807, 2.05) is 41.5 Å². The molecule has 0 fully saturated rings. The average molecular weight is 314 g/mol. The largest absolute Gasteiger partial charge is 0.382 e. The summed E-state index contributed by atoms with van der Waals surface area (Å²) in [5.74, 6) is -1.36. The lowest BCUT2D eigenvalue weighted by molar-refractivity contribution is -0.150. The first-order valence-corrected chi connectivity index (χ1v) is 7.84. The van der Waals surface area contributed by atoms with Crippen molar-refractivity contribution in [2.75, 3.05) is 27.2 Å². The van der Waals surface area contributed by atoms with Crippen LogP contribution in [0, 0.1) is 16.7 Å². The van der Waals surface area contributed by atoms with E-state index < -0.39 is 17.9 Å². The van der Waals surface area contributed by atoms with E-state index in [1.54, 1.807) is 25.9 Å². The van der Waals surface area contributed by atoms with Gasteiger partial charge < -0.3 is 14.9 Å². The molecule has 0 spiro atoms. The van der Waals surface area contributed by atoms with E-state index in [-0.39, 0.29) is 16.7 Å². The Hall–Kier alpha value is -1.10. The van der Waals surface area contributed by atoms with Crippen LogP contribution in [0.15, 0.2) is 0 Å². The molecule has 0 rings (SSSR count). The number of hydrogen-bond acceptors (Lipinski definition) is 3. The Labute approximate surface area is 135 Å². The van der Waals surface area contributed by atoms with E-state index in [9.17, 15) is 14.7 Å². The van der Waals surface area contributed by atoms with Gasteiger partial charge in [-0.1, -0.05) is 48.5 Å². The molecule has 2 amide bonds. The van der Waals surface area contributed by atoms with Crippen LogP contribution >= 0.6 is 0 Å². The minimum Gasteiger partial charge on any atom is -0.382 e. The van der Waals surface area contributed by atoms with Gasteiger partial charge in [0.15, 0.2) is 0 Å². The third-order valence-corrected chi connectivity index (χ3v) is 3.29. The second kappa shape index (κ2) is 7.44. The minimum atomic E-state index is -1.30. The molecule has 0 aromatic rings. The summed E-state index contributed by atoms with van der Waals surface area (Å²) < 4.78 is 0. The molecule has 1 N–H and O–H groups in total. The molecule has 130 valence electrons. The van der Waals surface area contributed by atoms with E-state index in [0.717, 1.165) is 0 Å². The average Bonchev–Trinajstić information content (AvgIpc) is 2.30. The Morgan fingerprint density at radius 2 is 1.18 bits per heavy atom. The molecule has 0 radical (unpaired) electrons. The zero-order valence-corrected chi connectivity index (χ0v) is 15.7. The molecule has 5 nitrogen and oxygen atoms in total. The van der Waals surface area contributed by atoms with Crippen LogP contribution < -0.4 is 0 Å². The summed E-state index contributed by atoms with van der Waals surface area (Å²) in [5.41, 5.74) is -0.0808. The molecule has 0 unspecified atom stereocenters. The predicted octanol–water partition coefficient (Wildman–Crippen LogP) is 1.99. The first kappa shape index (κ1) is 20.9. The highest BCUT2D eigenvalue weighted by Gasteiger charge is 2.33. The van der Waals surface area contributed by atoms with Gasteiger partial charge in [0.1, 0.15) is 6.10 Å². The third kappa shape index (κ3) is 7.25. The molecule has 5 heteroatoms. The van der Waals surface area contributed by atoms with Gasteiger partial charge in [0.25, 0.3) is 5.91 Å². The van der Waals surface area contributed by atoms with Crippen molar-refractivity contribution in [2.45, 2.75) is 54.6 Å². The highest BCUT2D eigenvalue weighted by molar-refractivity contribution is 5.88. The first-order valence-electron chi connectivity index (χ1n) is 7.84. The van der Waals surface area contributed by atoms with E-state index in [0.29, 0.717) is 13.1 Å². The summed E-state index contributed by atoms with van der Waals surface area (Å²) in [6.07, 6.45) is -1.30. The van der Waals surface area contributed by atoms with Crippen LogP contribution in [0.2, 0.25) is 0 Å². The van der Waals surface area contributed by atoms with Crippen molar-refractivity contribution >= 4 is 11.8 Å². The maximum absolute atomic E-state index is 12.4. The van der Waals surface area contributed by atoms with Crippen molar-refractivity contribution in [3.05, 3.63) is 0 Å². The zero-order valence-electron chi connectivity index (χ0n) is 15.7. The Morgan fingerprint density at radius 1 is 0.864 bits per heavy atom. The summed E-state index contributed by atoms with van der Waals surface area (Å²) in [7, 11) is 3.37. The van der Waals surface area contributed by atoms with Crippen LogP contribution in [-0.4, -0.2) is 60.0 Å². The summed E-state index contributed by atoms with van der Waals surface area (Å²) in [5, 5.41) is 10.2. The number of likely N-dealkylation sites (N-methyl/N-ethyl adjacent to an activating group) is 1. The number of aliphatic hydroxyl groups is 1. The van der Waals surface area contributed by atoms with Crippen LogP contribution in [0.1, 0.15) is 48.5 Å². The normalized spacial score (nSPS) is 15.2. The maximum atomic E-state index is 12.4. The molecule has 0 saturated heterocycles. The van der Waals surface area contributed by atoms with Gasteiger partial charge in [0.05, 0.1) is 5.92 Å². The zero-order chi connectivity index (χ0) is 17.9. The highest BCUT2D eigenvalue weighted by atomic mass is 16.3. The van der Waals surface area contributed by atoms with E-state index in [1.165, 1.54) is 4.90 Å². The van der Waals surface area contributed by atoms with Crippen LogP contribution in [0.4, 0.5) is 0 Å². The molecule has 0 aliphatic carbocycles. The second-order valence-corrected chi connectivity index (χ2v) is 8.74. The third-order valence-electron chi connectivity index (χ3n) is 3.29. The standard InChI is InChI=1S/C17H34N2O3/c1-12(14(21)18(8)10-16(2,3)4)13(20)15(22)19(9)11-17(5,6)7/h12-13,20H,10-11H2,1-9H3/t12-,13+/m1/s1. The van der Waals surface area contributed by atoms with Gasteiger partial charge in [-0.3, -0.25) is 9.59 Å².